The van der Waals surface area contributed by atoms with Crippen molar-refractivity contribution in [2.24, 2.45) is 5.92 Å². The molecule has 0 bridgehead atoms. The zero-order valence-corrected chi connectivity index (χ0v) is 22.0. The van der Waals surface area contributed by atoms with E-state index in [0.29, 0.717) is 27.0 Å². The van der Waals surface area contributed by atoms with Gasteiger partial charge in [-0.2, -0.15) is 13.2 Å². The topological polar surface area (TPSA) is 116 Å². The first-order chi connectivity index (χ1) is 18.5. The van der Waals surface area contributed by atoms with E-state index in [0.717, 1.165) is 41.3 Å². The average molecular weight is 580 g/mol. The summed E-state index contributed by atoms with van der Waals surface area (Å²) in [6, 6.07) is 9.19. The molecule has 1 fully saturated rings. The second-order valence-corrected chi connectivity index (χ2v) is 10.9. The number of nitrogens with zero attached hydrogens (tertiary/aromatic N) is 1. The summed E-state index contributed by atoms with van der Waals surface area (Å²) in [6.45, 7) is -0.500. The standard InChI is InChI=1S/C25H20F3N3O6S2/c1-36-14-7-6-11(8-15(14)37-2)17-18-19(22(34)30-21(18)33)38-23-20(17)39-24(35)31(23)10-16(32)29-13-5-3-4-12(9-13)25(26,27)28/h3-9,17-19H,10H2,1-2H3,(H,29,32)(H,30,33,34)/t17-,18+,19-/m0/s1. The van der Waals surface area contributed by atoms with Crippen molar-refractivity contribution >= 4 is 46.5 Å². The monoisotopic (exact) mass is 579 g/mol. The number of thioether (sulfide) groups is 1. The number of hydrogen-bond donors (Lipinski definition) is 2. The molecule has 0 aliphatic carbocycles. The first kappa shape index (κ1) is 26.8. The minimum Gasteiger partial charge on any atom is -0.493 e. The number of anilines is 1. The number of fused-ring (bicyclic) bond motifs is 2. The van der Waals surface area contributed by atoms with E-state index in [1.807, 2.05) is 0 Å². The van der Waals surface area contributed by atoms with Crippen LogP contribution >= 0.6 is 23.1 Å². The van der Waals surface area contributed by atoms with E-state index < -0.39 is 58.0 Å². The van der Waals surface area contributed by atoms with Gasteiger partial charge >= 0.3 is 11.0 Å². The molecule has 1 saturated heterocycles. The largest absolute Gasteiger partial charge is 0.493 e. The highest BCUT2D eigenvalue weighted by Crippen LogP contribution is 2.52. The number of alkyl halides is 3. The van der Waals surface area contributed by atoms with Crippen LogP contribution in [0.3, 0.4) is 0 Å². The molecule has 2 N–H and O–H groups in total. The normalized spacial score (nSPS) is 20.2. The van der Waals surface area contributed by atoms with E-state index in [-0.39, 0.29) is 5.69 Å². The molecule has 0 saturated carbocycles. The minimum atomic E-state index is -4.59. The lowest BCUT2D eigenvalue weighted by Gasteiger charge is -2.31. The highest BCUT2D eigenvalue weighted by molar-refractivity contribution is 8.00. The van der Waals surface area contributed by atoms with Crippen LogP contribution in [-0.2, 0) is 27.1 Å². The van der Waals surface area contributed by atoms with Gasteiger partial charge in [0.05, 0.1) is 30.7 Å². The summed E-state index contributed by atoms with van der Waals surface area (Å²) >= 11 is 1.86. The van der Waals surface area contributed by atoms with Gasteiger partial charge < -0.3 is 14.8 Å². The summed E-state index contributed by atoms with van der Waals surface area (Å²) in [5.74, 6) is -2.37. The fraction of sp³-hybridized carbons (Fsp3) is 0.280. The summed E-state index contributed by atoms with van der Waals surface area (Å²) < 4.78 is 51.0. The summed E-state index contributed by atoms with van der Waals surface area (Å²) in [7, 11) is 2.93. The Morgan fingerprint density at radius 2 is 1.79 bits per heavy atom. The van der Waals surface area contributed by atoms with Gasteiger partial charge in [-0.05, 0) is 35.9 Å². The Balaban J connectivity index is 1.51. The number of thiazole rings is 1. The molecule has 39 heavy (non-hydrogen) atoms. The number of halogens is 3. The van der Waals surface area contributed by atoms with E-state index in [1.165, 1.54) is 24.9 Å². The zero-order chi connectivity index (χ0) is 28.1. The maximum Gasteiger partial charge on any atom is 0.416 e. The van der Waals surface area contributed by atoms with Crippen LogP contribution in [0.15, 0.2) is 52.3 Å². The molecule has 9 nitrogen and oxygen atoms in total. The van der Waals surface area contributed by atoms with E-state index in [4.69, 9.17) is 9.47 Å². The van der Waals surface area contributed by atoms with Crippen LogP contribution in [-0.4, -0.2) is 41.8 Å². The lowest BCUT2D eigenvalue weighted by molar-refractivity contribution is -0.137. The number of hydrogen-bond acceptors (Lipinski definition) is 8. The highest BCUT2D eigenvalue weighted by atomic mass is 32.2. The number of rotatable bonds is 6. The van der Waals surface area contributed by atoms with Gasteiger partial charge in [-0.1, -0.05) is 35.2 Å². The first-order valence-corrected chi connectivity index (χ1v) is 13.2. The van der Waals surface area contributed by atoms with Gasteiger partial charge in [0, 0.05) is 16.5 Å². The molecule has 5 rings (SSSR count). The predicted octanol–water partition coefficient (Wildman–Crippen LogP) is 3.46. The molecule has 1 aromatic heterocycles. The third kappa shape index (κ3) is 4.89. The second-order valence-electron chi connectivity index (χ2n) is 8.76. The number of carbonyl (C=O) groups excluding carboxylic acids is 3. The molecule has 14 heteroatoms. The third-order valence-electron chi connectivity index (χ3n) is 6.43. The van der Waals surface area contributed by atoms with Gasteiger partial charge in [-0.3, -0.25) is 29.1 Å². The van der Waals surface area contributed by atoms with Crippen LogP contribution in [0.1, 0.15) is 21.9 Å². The maximum atomic E-state index is 13.1. The van der Waals surface area contributed by atoms with E-state index in [9.17, 15) is 32.3 Å². The molecule has 0 unspecified atom stereocenters. The van der Waals surface area contributed by atoms with Crippen LogP contribution in [0.4, 0.5) is 18.9 Å². The molecule has 0 spiro atoms. The fourth-order valence-corrected chi connectivity index (χ4v) is 7.44. The molecule has 204 valence electrons. The zero-order valence-electron chi connectivity index (χ0n) is 20.3. The van der Waals surface area contributed by atoms with Gasteiger partial charge in [0.15, 0.2) is 11.5 Å². The lowest BCUT2D eigenvalue weighted by atomic mass is 9.83. The number of aromatic nitrogens is 1. The first-order valence-electron chi connectivity index (χ1n) is 11.5. The molecule has 0 radical (unpaired) electrons. The number of imide groups is 1. The predicted molar refractivity (Wildman–Crippen MR) is 136 cm³/mol. The third-order valence-corrected chi connectivity index (χ3v) is 9.05. The van der Waals surface area contributed by atoms with Crippen molar-refractivity contribution in [3.05, 3.63) is 68.1 Å². The molecule has 2 aliphatic heterocycles. The quantitative estimate of drug-likeness (QED) is 0.430. The Bertz CT molecular complexity index is 1550. The van der Waals surface area contributed by atoms with Crippen molar-refractivity contribution in [2.75, 3.05) is 19.5 Å². The number of methoxy groups -OCH3 is 2. The Morgan fingerprint density at radius 3 is 2.49 bits per heavy atom. The van der Waals surface area contributed by atoms with Crippen LogP contribution in [0, 0.1) is 5.92 Å². The van der Waals surface area contributed by atoms with E-state index >= 15 is 0 Å². The van der Waals surface area contributed by atoms with Crippen molar-refractivity contribution in [3.8, 4) is 11.5 Å². The van der Waals surface area contributed by atoms with Gasteiger partial charge in [0.25, 0.3) is 0 Å². The van der Waals surface area contributed by atoms with E-state index in [1.54, 1.807) is 18.2 Å². The molecule has 3 aromatic rings. The smallest absolute Gasteiger partial charge is 0.416 e. The van der Waals surface area contributed by atoms with Crippen LogP contribution in [0.2, 0.25) is 0 Å². The summed E-state index contributed by atoms with van der Waals surface area (Å²) in [4.78, 5) is 51.4. The fourth-order valence-electron chi connectivity index (χ4n) is 4.70. The minimum absolute atomic E-state index is 0.0799. The number of carbonyl (C=O) groups is 3. The summed E-state index contributed by atoms with van der Waals surface area (Å²) in [6.07, 6.45) is -4.59. The molecule has 2 aromatic carbocycles. The summed E-state index contributed by atoms with van der Waals surface area (Å²) in [5, 5.41) is 4.23. The molecule has 3 amide bonds. The SMILES string of the molecule is COc1ccc([C@@H]2c3sc(=O)n(CC(=O)Nc4cccc(C(F)(F)F)c4)c3S[C@@H]3C(=O)NC(=O)[C@H]23)cc1OC. The van der Waals surface area contributed by atoms with Gasteiger partial charge in [0.1, 0.15) is 11.8 Å². The Labute approximate surface area is 227 Å². The summed E-state index contributed by atoms with van der Waals surface area (Å²) in [5.41, 5.74) is -0.402. The maximum absolute atomic E-state index is 13.1. The van der Waals surface area contributed by atoms with Crippen molar-refractivity contribution in [1.82, 2.24) is 9.88 Å². The number of ether oxygens (including phenoxy) is 2. The van der Waals surface area contributed by atoms with Gasteiger partial charge in [0.2, 0.25) is 17.7 Å². The van der Waals surface area contributed by atoms with Gasteiger partial charge in [-0.25, -0.2) is 0 Å². The second kappa shape index (κ2) is 10.1. The Morgan fingerprint density at radius 1 is 1.05 bits per heavy atom. The van der Waals surface area contributed by atoms with Crippen molar-refractivity contribution in [3.63, 3.8) is 0 Å². The van der Waals surface area contributed by atoms with Gasteiger partial charge in [-0.15, -0.1) is 0 Å². The Hall–Kier alpha value is -3.78. The molecular formula is C25H20F3N3O6S2. The Kier molecular flexibility index (Phi) is 6.93. The van der Waals surface area contributed by atoms with Crippen LogP contribution in [0.25, 0.3) is 0 Å². The molecular weight excluding hydrogens is 559 g/mol. The van der Waals surface area contributed by atoms with Crippen LogP contribution in [0.5, 0.6) is 11.5 Å². The van der Waals surface area contributed by atoms with Crippen molar-refractivity contribution in [1.29, 1.82) is 0 Å². The lowest BCUT2D eigenvalue weighted by Crippen LogP contribution is -2.32. The number of nitrogens with one attached hydrogen (secondary N) is 2. The number of benzene rings is 2. The number of amides is 3. The molecule has 3 atom stereocenters. The van der Waals surface area contributed by atoms with Crippen molar-refractivity contribution in [2.45, 2.75) is 28.9 Å². The highest BCUT2D eigenvalue weighted by Gasteiger charge is 2.53. The molecule has 2 aliphatic rings. The molecule has 3 heterocycles. The van der Waals surface area contributed by atoms with E-state index in [2.05, 4.69) is 10.6 Å². The van der Waals surface area contributed by atoms with Crippen molar-refractivity contribution < 1.29 is 37.0 Å². The average Bonchev–Trinajstić information content (AvgIpc) is 3.36. The van der Waals surface area contributed by atoms with Crippen LogP contribution < -0.4 is 25.0 Å².